The third-order valence-electron chi connectivity index (χ3n) is 3.15. The van der Waals surface area contributed by atoms with Gasteiger partial charge in [-0.25, -0.2) is 4.79 Å². The molecule has 126 valence electrons. The van der Waals surface area contributed by atoms with E-state index < -0.39 is 0 Å². The Morgan fingerprint density at radius 3 is 2.29 bits per heavy atom. The quantitative estimate of drug-likeness (QED) is 0.786. The normalized spacial score (nSPS) is 10.2. The van der Waals surface area contributed by atoms with Crippen LogP contribution in [0.4, 0.5) is 16.2 Å². The van der Waals surface area contributed by atoms with Crippen LogP contribution in [0.15, 0.2) is 48.5 Å². The highest BCUT2D eigenvalue weighted by atomic mass is 16.5. The lowest BCUT2D eigenvalue weighted by Gasteiger charge is -2.12. The van der Waals surface area contributed by atoms with Gasteiger partial charge in [-0.05, 0) is 44.2 Å². The van der Waals surface area contributed by atoms with E-state index in [1.165, 1.54) is 7.11 Å². The van der Waals surface area contributed by atoms with E-state index in [0.29, 0.717) is 22.7 Å². The molecule has 0 saturated carbocycles. The zero-order valence-corrected chi connectivity index (χ0v) is 13.9. The van der Waals surface area contributed by atoms with Crippen molar-refractivity contribution in [2.24, 2.45) is 0 Å². The Kier molecular flexibility index (Phi) is 5.78. The van der Waals surface area contributed by atoms with Crippen LogP contribution >= 0.6 is 0 Å². The van der Waals surface area contributed by atoms with E-state index in [1.54, 1.807) is 48.5 Å². The molecule has 0 aliphatic heterocycles. The summed E-state index contributed by atoms with van der Waals surface area (Å²) in [7, 11) is 1.52. The van der Waals surface area contributed by atoms with E-state index in [4.69, 9.17) is 4.74 Å². The molecule has 0 aliphatic rings. The largest absolute Gasteiger partial charge is 0.496 e. The van der Waals surface area contributed by atoms with Gasteiger partial charge in [0.05, 0.1) is 12.7 Å². The van der Waals surface area contributed by atoms with Crippen LogP contribution in [0.3, 0.4) is 0 Å². The Balaban J connectivity index is 2.09. The second-order valence-electron chi connectivity index (χ2n) is 5.49. The van der Waals surface area contributed by atoms with Crippen LogP contribution in [0.25, 0.3) is 0 Å². The lowest BCUT2D eigenvalue weighted by Crippen LogP contribution is -2.34. The minimum atomic E-state index is -0.293. The molecule has 2 aromatic carbocycles. The number of methoxy groups -OCH3 is 1. The molecule has 0 heterocycles. The number of hydrogen-bond donors (Lipinski definition) is 3. The lowest BCUT2D eigenvalue weighted by atomic mass is 10.2. The fourth-order valence-corrected chi connectivity index (χ4v) is 2.13. The summed E-state index contributed by atoms with van der Waals surface area (Å²) in [5.74, 6) is 0.219. The summed E-state index contributed by atoms with van der Waals surface area (Å²) in [5.41, 5.74) is 1.61. The minimum absolute atomic E-state index is 0.0402. The van der Waals surface area contributed by atoms with Crippen LogP contribution in [-0.4, -0.2) is 25.1 Å². The van der Waals surface area contributed by atoms with Crippen molar-refractivity contribution in [3.63, 3.8) is 0 Å². The molecular formula is C18H21N3O3. The molecule has 24 heavy (non-hydrogen) atoms. The summed E-state index contributed by atoms with van der Waals surface area (Å²) in [5, 5.41) is 8.26. The first kappa shape index (κ1) is 17.3. The van der Waals surface area contributed by atoms with Crippen molar-refractivity contribution in [2.75, 3.05) is 17.7 Å². The Labute approximate surface area is 141 Å². The van der Waals surface area contributed by atoms with Gasteiger partial charge in [0, 0.05) is 17.4 Å². The van der Waals surface area contributed by atoms with Crippen molar-refractivity contribution in [2.45, 2.75) is 19.9 Å². The summed E-state index contributed by atoms with van der Waals surface area (Å²) in [6.45, 7) is 3.76. The Bertz CT molecular complexity index is 729. The van der Waals surface area contributed by atoms with Crippen LogP contribution in [0.2, 0.25) is 0 Å². The van der Waals surface area contributed by atoms with E-state index in [9.17, 15) is 9.59 Å². The van der Waals surface area contributed by atoms with Crippen molar-refractivity contribution in [3.05, 3.63) is 54.1 Å². The molecule has 2 rings (SSSR count). The maximum absolute atomic E-state index is 12.4. The van der Waals surface area contributed by atoms with Crippen LogP contribution in [-0.2, 0) is 0 Å². The zero-order valence-electron chi connectivity index (χ0n) is 13.9. The Hall–Kier alpha value is -3.02. The smallest absolute Gasteiger partial charge is 0.319 e. The zero-order chi connectivity index (χ0) is 17.5. The van der Waals surface area contributed by atoms with E-state index in [0.717, 1.165) is 0 Å². The molecule has 0 unspecified atom stereocenters. The fourth-order valence-electron chi connectivity index (χ4n) is 2.13. The number of para-hydroxylation sites is 1. The molecule has 0 atom stereocenters. The highest BCUT2D eigenvalue weighted by Gasteiger charge is 2.12. The number of nitrogens with one attached hydrogen (secondary N) is 3. The average Bonchev–Trinajstić information content (AvgIpc) is 2.54. The third-order valence-corrected chi connectivity index (χ3v) is 3.15. The van der Waals surface area contributed by atoms with E-state index in [1.807, 2.05) is 13.8 Å². The van der Waals surface area contributed by atoms with Crippen molar-refractivity contribution in [3.8, 4) is 5.75 Å². The van der Waals surface area contributed by atoms with Crippen LogP contribution in [0.5, 0.6) is 5.75 Å². The molecule has 0 aromatic heterocycles. The van der Waals surface area contributed by atoms with Gasteiger partial charge in [-0.2, -0.15) is 0 Å². The molecule has 0 aliphatic carbocycles. The topological polar surface area (TPSA) is 79.5 Å². The molecule has 2 aromatic rings. The monoisotopic (exact) mass is 327 g/mol. The van der Waals surface area contributed by atoms with Gasteiger partial charge in [-0.15, -0.1) is 0 Å². The summed E-state index contributed by atoms with van der Waals surface area (Å²) in [6.07, 6.45) is 0. The number of anilines is 2. The summed E-state index contributed by atoms with van der Waals surface area (Å²) < 4.78 is 5.19. The number of carbonyl (C=O) groups excluding carboxylic acids is 2. The molecule has 6 nitrogen and oxygen atoms in total. The summed E-state index contributed by atoms with van der Waals surface area (Å²) in [4.78, 5) is 24.1. The molecular weight excluding hydrogens is 306 g/mol. The molecule has 3 N–H and O–H groups in total. The minimum Gasteiger partial charge on any atom is -0.496 e. The van der Waals surface area contributed by atoms with Gasteiger partial charge >= 0.3 is 6.03 Å². The second kappa shape index (κ2) is 8.01. The average molecular weight is 327 g/mol. The summed E-state index contributed by atoms with van der Waals surface area (Å²) in [6, 6.07) is 13.7. The van der Waals surface area contributed by atoms with Gasteiger partial charge in [-0.3, -0.25) is 4.79 Å². The van der Waals surface area contributed by atoms with E-state index in [-0.39, 0.29) is 18.0 Å². The lowest BCUT2D eigenvalue weighted by molar-refractivity contribution is 0.102. The molecule has 6 heteroatoms. The number of carbonyl (C=O) groups is 2. The summed E-state index contributed by atoms with van der Waals surface area (Å²) >= 11 is 0. The predicted octanol–water partition coefficient (Wildman–Crippen LogP) is 3.48. The van der Waals surface area contributed by atoms with E-state index in [2.05, 4.69) is 16.0 Å². The van der Waals surface area contributed by atoms with Crippen molar-refractivity contribution in [1.29, 1.82) is 0 Å². The number of benzene rings is 2. The van der Waals surface area contributed by atoms with Gasteiger partial charge in [-0.1, -0.05) is 18.2 Å². The highest BCUT2D eigenvalue weighted by molar-refractivity contribution is 6.06. The van der Waals surface area contributed by atoms with Gasteiger partial charge in [0.25, 0.3) is 5.91 Å². The van der Waals surface area contributed by atoms with Crippen molar-refractivity contribution in [1.82, 2.24) is 5.32 Å². The standard InChI is InChI=1S/C18H21N3O3/c1-12(2)19-18(23)21-14-8-6-7-13(11-14)20-17(22)15-9-4-5-10-16(15)24-3/h4-12H,1-3H3,(H,20,22)(H2,19,21,23). The number of ether oxygens (including phenoxy) is 1. The van der Waals surface area contributed by atoms with Gasteiger partial charge < -0.3 is 20.7 Å². The first-order chi connectivity index (χ1) is 11.5. The van der Waals surface area contributed by atoms with Gasteiger partial charge in [0.1, 0.15) is 5.75 Å². The van der Waals surface area contributed by atoms with E-state index >= 15 is 0 Å². The number of urea groups is 1. The van der Waals surface area contributed by atoms with Gasteiger partial charge in [0.15, 0.2) is 0 Å². The molecule has 0 spiro atoms. The Morgan fingerprint density at radius 1 is 0.958 bits per heavy atom. The maximum Gasteiger partial charge on any atom is 0.319 e. The first-order valence-corrected chi connectivity index (χ1v) is 7.61. The highest BCUT2D eigenvalue weighted by Crippen LogP contribution is 2.20. The first-order valence-electron chi connectivity index (χ1n) is 7.61. The number of hydrogen-bond acceptors (Lipinski definition) is 3. The molecule has 0 bridgehead atoms. The maximum atomic E-state index is 12.4. The second-order valence-corrected chi connectivity index (χ2v) is 5.49. The van der Waals surface area contributed by atoms with Crippen molar-refractivity contribution >= 4 is 23.3 Å². The number of rotatable bonds is 5. The van der Waals surface area contributed by atoms with Gasteiger partial charge in [0.2, 0.25) is 0 Å². The molecule has 0 saturated heterocycles. The fraction of sp³-hybridized carbons (Fsp3) is 0.222. The number of amides is 3. The molecule has 3 amide bonds. The van der Waals surface area contributed by atoms with Crippen LogP contribution in [0, 0.1) is 0 Å². The third kappa shape index (κ3) is 4.74. The van der Waals surface area contributed by atoms with Crippen molar-refractivity contribution < 1.29 is 14.3 Å². The van der Waals surface area contributed by atoms with Crippen LogP contribution in [0.1, 0.15) is 24.2 Å². The molecule has 0 radical (unpaired) electrons. The predicted molar refractivity (Wildman–Crippen MR) is 94.7 cm³/mol. The molecule has 0 fully saturated rings. The Morgan fingerprint density at radius 2 is 1.62 bits per heavy atom. The van der Waals surface area contributed by atoms with Crippen LogP contribution < -0.4 is 20.7 Å². The SMILES string of the molecule is COc1ccccc1C(=O)Nc1cccc(NC(=O)NC(C)C)c1.